The van der Waals surface area contributed by atoms with Gasteiger partial charge in [-0.25, -0.2) is 0 Å². The summed E-state index contributed by atoms with van der Waals surface area (Å²) in [6, 6.07) is 0.561. The standard InChI is InChI=1S/C12H24F7N3Si/c13-10(14,11(15,16)12(17,18)19)8-6-4-2-1-3-5-7-9-23(20,21)22/h1-9,20-22H2. The number of hydrogen-bond donors (Lipinski definition) is 3. The molecule has 0 aromatic rings. The van der Waals surface area contributed by atoms with Gasteiger partial charge in [0.05, 0.1) is 0 Å². The first kappa shape index (κ1) is 22.6. The van der Waals surface area contributed by atoms with Crippen LogP contribution in [0.4, 0.5) is 30.7 Å². The van der Waals surface area contributed by atoms with Gasteiger partial charge >= 0.3 is 18.0 Å². The summed E-state index contributed by atoms with van der Waals surface area (Å²) in [7, 11) is -2.54. The predicted molar refractivity (Wildman–Crippen MR) is 76.0 cm³/mol. The van der Waals surface area contributed by atoms with Gasteiger partial charge in [0.25, 0.3) is 8.56 Å². The topological polar surface area (TPSA) is 78.1 Å². The maximum Gasteiger partial charge on any atom is 0.459 e. The predicted octanol–water partition coefficient (Wildman–Crippen LogP) is 3.76. The SMILES string of the molecule is N[Si](N)(N)CCCCCCCCCC(F)(F)C(F)(F)C(F)(F)F. The van der Waals surface area contributed by atoms with Crippen LogP contribution in [0.15, 0.2) is 0 Å². The highest BCUT2D eigenvalue weighted by Crippen LogP contribution is 2.48. The van der Waals surface area contributed by atoms with Crippen LogP contribution < -0.4 is 16.2 Å². The third-order valence-corrected chi connectivity index (χ3v) is 4.64. The first-order valence-electron chi connectivity index (χ1n) is 7.40. The van der Waals surface area contributed by atoms with Gasteiger partial charge in [0, 0.05) is 6.42 Å². The third kappa shape index (κ3) is 8.31. The monoisotopic (exact) mass is 371 g/mol. The molecule has 0 aliphatic rings. The van der Waals surface area contributed by atoms with Gasteiger partial charge in [0.1, 0.15) is 0 Å². The molecule has 0 saturated carbocycles. The van der Waals surface area contributed by atoms with Gasteiger partial charge in [-0.3, -0.25) is 0 Å². The lowest BCUT2D eigenvalue weighted by atomic mass is 10.0. The molecule has 0 aromatic carbocycles. The Morgan fingerprint density at radius 1 is 0.609 bits per heavy atom. The first-order valence-corrected chi connectivity index (χ1v) is 9.84. The molecule has 0 saturated heterocycles. The van der Waals surface area contributed by atoms with Gasteiger partial charge in [-0.15, -0.1) is 0 Å². The average Bonchev–Trinajstić information content (AvgIpc) is 2.33. The summed E-state index contributed by atoms with van der Waals surface area (Å²) in [6.45, 7) is 0. The van der Waals surface area contributed by atoms with E-state index in [1.807, 2.05) is 0 Å². The van der Waals surface area contributed by atoms with Crippen LogP contribution in [-0.4, -0.2) is 26.6 Å². The van der Waals surface area contributed by atoms with E-state index in [0.29, 0.717) is 18.9 Å². The maximum absolute atomic E-state index is 13.0. The second-order valence-corrected chi connectivity index (χ2v) is 8.59. The zero-order chi connectivity index (χ0) is 18.4. The molecule has 140 valence electrons. The molecule has 0 fully saturated rings. The van der Waals surface area contributed by atoms with Gasteiger partial charge in [-0.2, -0.15) is 30.7 Å². The zero-order valence-electron chi connectivity index (χ0n) is 12.7. The third-order valence-electron chi connectivity index (χ3n) is 3.42. The number of alkyl halides is 7. The van der Waals surface area contributed by atoms with Gasteiger partial charge in [-0.05, 0) is 12.5 Å². The highest BCUT2D eigenvalue weighted by molar-refractivity contribution is 6.70. The molecule has 0 amide bonds. The summed E-state index contributed by atoms with van der Waals surface area (Å²) in [4.78, 5) is 0. The quantitative estimate of drug-likeness (QED) is 0.294. The Bertz CT molecular complexity index is 343. The summed E-state index contributed by atoms with van der Waals surface area (Å²) >= 11 is 0. The molecular formula is C12H24F7N3Si. The maximum atomic E-state index is 13.0. The van der Waals surface area contributed by atoms with Crippen molar-refractivity contribution in [3.05, 3.63) is 0 Å². The molecule has 0 bridgehead atoms. The summed E-state index contributed by atoms with van der Waals surface area (Å²) < 4.78 is 86.9. The van der Waals surface area contributed by atoms with E-state index in [9.17, 15) is 30.7 Å². The van der Waals surface area contributed by atoms with Gasteiger partial charge in [0.2, 0.25) is 0 Å². The van der Waals surface area contributed by atoms with E-state index in [1.54, 1.807) is 0 Å². The molecule has 6 N–H and O–H groups in total. The van der Waals surface area contributed by atoms with Crippen LogP contribution in [0, 0.1) is 0 Å². The van der Waals surface area contributed by atoms with Crippen LogP contribution in [0.5, 0.6) is 0 Å². The molecule has 0 spiro atoms. The molecule has 23 heavy (non-hydrogen) atoms. The minimum atomic E-state index is -6.25. The molecule has 0 radical (unpaired) electrons. The molecule has 0 atom stereocenters. The Morgan fingerprint density at radius 2 is 1.00 bits per heavy atom. The van der Waals surface area contributed by atoms with Gasteiger partial charge < -0.3 is 16.2 Å². The molecule has 3 nitrogen and oxygen atoms in total. The van der Waals surface area contributed by atoms with Crippen LogP contribution in [0.3, 0.4) is 0 Å². The van der Waals surface area contributed by atoms with E-state index in [2.05, 4.69) is 0 Å². The molecule has 0 aliphatic heterocycles. The van der Waals surface area contributed by atoms with Crippen molar-refractivity contribution in [2.24, 2.45) is 16.2 Å². The lowest BCUT2D eigenvalue weighted by molar-refractivity contribution is -0.355. The van der Waals surface area contributed by atoms with E-state index in [-0.39, 0.29) is 12.8 Å². The summed E-state index contributed by atoms with van der Waals surface area (Å²) in [6.07, 6.45) is -4.44. The van der Waals surface area contributed by atoms with E-state index in [0.717, 1.165) is 19.3 Å². The normalized spacial score (nSPS) is 14.3. The average molecular weight is 371 g/mol. The minimum absolute atomic E-state index is 0.173. The largest absolute Gasteiger partial charge is 0.459 e. The van der Waals surface area contributed by atoms with Crippen molar-refractivity contribution >= 4 is 8.56 Å². The minimum Gasteiger partial charge on any atom is -0.327 e. The molecule has 0 aromatic heterocycles. The summed E-state index contributed by atoms with van der Waals surface area (Å²) in [5, 5.41) is 16.5. The molecule has 0 heterocycles. The van der Waals surface area contributed by atoms with E-state index < -0.39 is 33.0 Å². The lowest BCUT2D eigenvalue weighted by Crippen LogP contribution is -2.64. The molecule has 0 rings (SSSR count). The van der Waals surface area contributed by atoms with E-state index in [1.165, 1.54) is 0 Å². The fourth-order valence-corrected chi connectivity index (χ4v) is 2.89. The summed E-state index contributed by atoms with van der Waals surface area (Å²) in [5.74, 6) is -11.1. The second kappa shape index (κ2) is 8.63. The highest BCUT2D eigenvalue weighted by atomic mass is 28.4. The van der Waals surface area contributed by atoms with Crippen molar-refractivity contribution in [1.29, 1.82) is 0 Å². The Balaban J connectivity index is 3.84. The van der Waals surface area contributed by atoms with Crippen molar-refractivity contribution in [2.75, 3.05) is 0 Å². The number of nitrogens with two attached hydrogens (primary N) is 3. The zero-order valence-corrected chi connectivity index (χ0v) is 13.7. The fraction of sp³-hybridized carbons (Fsp3) is 1.00. The van der Waals surface area contributed by atoms with E-state index >= 15 is 0 Å². The Kier molecular flexibility index (Phi) is 8.48. The van der Waals surface area contributed by atoms with Crippen molar-refractivity contribution in [1.82, 2.24) is 0 Å². The smallest absolute Gasteiger partial charge is 0.327 e. The number of hydrogen-bond acceptors (Lipinski definition) is 3. The van der Waals surface area contributed by atoms with Gasteiger partial charge in [-0.1, -0.05) is 38.5 Å². The lowest BCUT2D eigenvalue weighted by Gasteiger charge is -2.28. The van der Waals surface area contributed by atoms with Crippen molar-refractivity contribution in [3.8, 4) is 0 Å². The van der Waals surface area contributed by atoms with Gasteiger partial charge in [0.15, 0.2) is 0 Å². The molecular weight excluding hydrogens is 347 g/mol. The van der Waals surface area contributed by atoms with Crippen LogP contribution in [0.2, 0.25) is 6.04 Å². The number of rotatable bonds is 11. The Labute approximate surface area is 132 Å². The van der Waals surface area contributed by atoms with Crippen molar-refractivity contribution in [3.63, 3.8) is 0 Å². The Hall–Kier alpha value is -0.393. The van der Waals surface area contributed by atoms with Crippen molar-refractivity contribution in [2.45, 2.75) is 75.4 Å². The van der Waals surface area contributed by atoms with Crippen molar-refractivity contribution < 1.29 is 30.7 Å². The molecule has 0 unspecified atom stereocenters. The summed E-state index contributed by atoms with van der Waals surface area (Å²) in [5.41, 5.74) is 0. The van der Waals surface area contributed by atoms with Crippen LogP contribution in [-0.2, 0) is 0 Å². The second-order valence-electron chi connectivity index (χ2n) is 5.86. The fourth-order valence-electron chi connectivity index (χ4n) is 2.03. The highest BCUT2D eigenvalue weighted by Gasteiger charge is 2.72. The van der Waals surface area contributed by atoms with Crippen LogP contribution >= 0.6 is 0 Å². The van der Waals surface area contributed by atoms with Crippen LogP contribution in [0.1, 0.15) is 51.4 Å². The Morgan fingerprint density at radius 3 is 1.39 bits per heavy atom. The molecule has 0 aliphatic carbocycles. The van der Waals surface area contributed by atoms with Crippen LogP contribution in [0.25, 0.3) is 0 Å². The number of unbranched alkanes of at least 4 members (excludes halogenated alkanes) is 6. The first-order chi connectivity index (χ1) is 10.2. The molecule has 11 heteroatoms. The number of halogens is 7. The van der Waals surface area contributed by atoms with E-state index in [4.69, 9.17) is 16.2 Å².